The van der Waals surface area contributed by atoms with Crippen LogP contribution in [0.4, 0.5) is 0 Å². The second-order valence-corrected chi connectivity index (χ2v) is 7.68. The van der Waals surface area contributed by atoms with Crippen molar-refractivity contribution in [2.45, 2.75) is 31.9 Å². The van der Waals surface area contributed by atoms with Crippen LogP contribution in [0.3, 0.4) is 0 Å². The minimum Gasteiger partial charge on any atom is -0.459 e. The molecule has 3 aromatic heterocycles. The first-order valence-electron chi connectivity index (χ1n) is 9.91. The van der Waals surface area contributed by atoms with Crippen molar-refractivity contribution in [1.29, 1.82) is 0 Å². The maximum atomic E-state index is 12.5. The lowest BCUT2D eigenvalue weighted by molar-refractivity contribution is 0.00321. The molecule has 0 amide bonds. The number of carbonyl (C=O) groups excluding carboxylic acids is 1. The zero-order chi connectivity index (χ0) is 20.7. The van der Waals surface area contributed by atoms with E-state index >= 15 is 0 Å². The number of fused-ring (bicyclic) bond motifs is 1. The van der Waals surface area contributed by atoms with Crippen LogP contribution in [0.2, 0.25) is 0 Å². The molecule has 1 aliphatic rings. The van der Waals surface area contributed by atoms with Crippen LogP contribution in [-0.2, 0) is 4.74 Å². The van der Waals surface area contributed by atoms with Gasteiger partial charge >= 0.3 is 5.97 Å². The third-order valence-electron chi connectivity index (χ3n) is 5.38. The molecule has 0 atom stereocenters. The summed E-state index contributed by atoms with van der Waals surface area (Å²) >= 11 is 0. The molecule has 0 bridgehead atoms. The lowest BCUT2D eigenvalue weighted by Crippen LogP contribution is -2.42. The molecule has 3 N–H and O–H groups in total. The topological polar surface area (TPSA) is 107 Å². The van der Waals surface area contributed by atoms with E-state index in [1.165, 1.54) is 0 Å². The van der Waals surface area contributed by atoms with Gasteiger partial charge in [-0.05, 0) is 50.1 Å². The summed E-state index contributed by atoms with van der Waals surface area (Å²) in [7, 11) is 0. The number of aromatic nitrogens is 4. The van der Waals surface area contributed by atoms with Gasteiger partial charge in [0.15, 0.2) is 0 Å². The highest BCUT2D eigenvalue weighted by Crippen LogP contribution is 2.30. The summed E-state index contributed by atoms with van der Waals surface area (Å²) in [6.07, 6.45) is 4.55. The third kappa shape index (κ3) is 3.44. The largest absolute Gasteiger partial charge is 0.459 e. The fraction of sp³-hybridized carbons (Fsp3) is 0.217. The van der Waals surface area contributed by atoms with Crippen molar-refractivity contribution in [3.8, 4) is 22.6 Å². The number of pyridine rings is 2. The van der Waals surface area contributed by atoms with E-state index in [9.17, 15) is 4.79 Å². The Morgan fingerprint density at radius 2 is 2.03 bits per heavy atom. The number of nitrogens with one attached hydrogen (secondary N) is 1. The lowest BCUT2D eigenvalue weighted by atomic mass is 9.90. The number of nitrogens with zero attached hydrogens (tertiary/aromatic N) is 3. The number of esters is 1. The van der Waals surface area contributed by atoms with Gasteiger partial charge in [0.25, 0.3) is 0 Å². The van der Waals surface area contributed by atoms with E-state index in [1.807, 2.05) is 49.4 Å². The van der Waals surface area contributed by atoms with Gasteiger partial charge in [-0.1, -0.05) is 12.1 Å². The Labute approximate surface area is 173 Å². The summed E-state index contributed by atoms with van der Waals surface area (Å²) in [5.41, 5.74) is 11.3. The highest BCUT2D eigenvalue weighted by molar-refractivity contribution is 5.95. The zero-order valence-electron chi connectivity index (χ0n) is 16.5. The van der Waals surface area contributed by atoms with E-state index in [2.05, 4.69) is 19.9 Å². The van der Waals surface area contributed by atoms with E-state index in [4.69, 9.17) is 10.5 Å². The van der Waals surface area contributed by atoms with Crippen LogP contribution in [0.15, 0.2) is 55.0 Å². The average molecular weight is 399 g/mol. The quantitative estimate of drug-likeness (QED) is 0.508. The molecule has 150 valence electrons. The maximum Gasteiger partial charge on any atom is 0.339 e. The van der Waals surface area contributed by atoms with Crippen molar-refractivity contribution >= 4 is 16.9 Å². The molecule has 4 aromatic rings. The molecule has 0 saturated heterocycles. The number of carbonyl (C=O) groups is 1. The number of aryl methyl sites for hydroxylation is 1. The summed E-state index contributed by atoms with van der Waals surface area (Å²) < 4.78 is 5.50. The number of imidazole rings is 1. The molecule has 0 aliphatic heterocycles. The molecule has 0 radical (unpaired) electrons. The van der Waals surface area contributed by atoms with E-state index in [0.717, 1.165) is 39.2 Å². The van der Waals surface area contributed by atoms with E-state index in [-0.39, 0.29) is 18.1 Å². The molecule has 5 rings (SSSR count). The van der Waals surface area contributed by atoms with E-state index < -0.39 is 0 Å². The Bertz CT molecular complexity index is 1240. The lowest BCUT2D eigenvalue weighted by Gasteiger charge is -2.31. The van der Waals surface area contributed by atoms with Crippen LogP contribution >= 0.6 is 0 Å². The first kappa shape index (κ1) is 18.4. The van der Waals surface area contributed by atoms with Gasteiger partial charge < -0.3 is 15.5 Å². The van der Waals surface area contributed by atoms with Crippen LogP contribution in [0, 0.1) is 6.92 Å². The number of nitrogens with two attached hydrogens (primary N) is 1. The number of hydrogen-bond acceptors (Lipinski definition) is 6. The molecule has 7 nitrogen and oxygen atoms in total. The second-order valence-electron chi connectivity index (χ2n) is 7.68. The van der Waals surface area contributed by atoms with Gasteiger partial charge in [-0.2, -0.15) is 0 Å². The third-order valence-corrected chi connectivity index (χ3v) is 5.38. The van der Waals surface area contributed by atoms with Crippen LogP contribution < -0.4 is 5.73 Å². The summed E-state index contributed by atoms with van der Waals surface area (Å²) in [6, 6.07) is 13.7. The molecule has 1 saturated carbocycles. The molecule has 3 heterocycles. The Balaban J connectivity index is 1.48. The molecular weight excluding hydrogens is 378 g/mol. The molecule has 30 heavy (non-hydrogen) atoms. The van der Waals surface area contributed by atoms with E-state index in [0.29, 0.717) is 18.4 Å². The second kappa shape index (κ2) is 7.35. The van der Waals surface area contributed by atoms with Crippen molar-refractivity contribution < 1.29 is 9.53 Å². The summed E-state index contributed by atoms with van der Waals surface area (Å²) in [6.45, 7) is 1.96. The maximum absolute atomic E-state index is 12.5. The van der Waals surface area contributed by atoms with E-state index in [1.54, 1.807) is 12.5 Å². The molecule has 0 spiro atoms. The standard InChI is InChI=1S/C23H21N5O2/c1-13-3-2-4-20(28-13)22-21(26-12-27-22)14-5-6-19-15(7-14)8-16(11-25-19)23(29)30-18-9-17(24)10-18/h2-8,11-12,17-18H,9-10,24H2,1H3,(H,26,27)/t17-,18+. The highest BCUT2D eigenvalue weighted by Gasteiger charge is 2.29. The molecule has 0 unspecified atom stereocenters. The van der Waals surface area contributed by atoms with Crippen molar-refractivity contribution in [3.63, 3.8) is 0 Å². The average Bonchev–Trinajstić information content (AvgIpc) is 3.22. The van der Waals surface area contributed by atoms with Crippen LogP contribution in [0.1, 0.15) is 28.9 Å². The van der Waals surface area contributed by atoms with Crippen molar-refractivity contribution in [2.24, 2.45) is 5.73 Å². The molecule has 7 heteroatoms. The van der Waals surface area contributed by atoms with Crippen LogP contribution in [-0.4, -0.2) is 38.1 Å². The van der Waals surface area contributed by atoms with Crippen molar-refractivity contribution in [1.82, 2.24) is 19.9 Å². The van der Waals surface area contributed by atoms with Crippen LogP contribution in [0.25, 0.3) is 33.5 Å². The number of hydrogen-bond donors (Lipinski definition) is 2. The molecule has 1 aromatic carbocycles. The van der Waals surface area contributed by atoms with Crippen molar-refractivity contribution in [3.05, 3.63) is 66.2 Å². The predicted molar refractivity (Wildman–Crippen MR) is 114 cm³/mol. The number of ether oxygens (including phenoxy) is 1. The number of aromatic amines is 1. The summed E-state index contributed by atoms with van der Waals surface area (Å²) in [4.78, 5) is 29.2. The van der Waals surface area contributed by atoms with Gasteiger partial charge in [0.1, 0.15) is 6.10 Å². The van der Waals surface area contributed by atoms with Gasteiger partial charge in [0.2, 0.25) is 0 Å². The molecular formula is C23H21N5O2. The normalized spacial score (nSPS) is 18.2. The Morgan fingerprint density at radius 1 is 1.17 bits per heavy atom. The minimum absolute atomic E-state index is 0.0945. The SMILES string of the molecule is Cc1cccc(-c2[nH]cnc2-c2ccc3ncc(C(=O)O[C@H]4C[C@@H](N)C4)cc3c2)n1. The first-order chi connectivity index (χ1) is 14.6. The highest BCUT2D eigenvalue weighted by atomic mass is 16.5. The zero-order valence-corrected chi connectivity index (χ0v) is 16.5. The Morgan fingerprint density at radius 3 is 2.83 bits per heavy atom. The van der Waals surface area contributed by atoms with Gasteiger partial charge in [-0.15, -0.1) is 0 Å². The van der Waals surface area contributed by atoms with Gasteiger partial charge in [0.05, 0.1) is 34.5 Å². The summed E-state index contributed by atoms with van der Waals surface area (Å²) in [5, 5.41) is 0.846. The fourth-order valence-corrected chi connectivity index (χ4v) is 3.70. The fourth-order valence-electron chi connectivity index (χ4n) is 3.70. The number of benzene rings is 1. The molecule has 1 fully saturated rings. The molecule has 1 aliphatic carbocycles. The Kier molecular flexibility index (Phi) is 4.52. The number of rotatable bonds is 4. The summed E-state index contributed by atoms with van der Waals surface area (Å²) in [5.74, 6) is -0.365. The van der Waals surface area contributed by atoms with Gasteiger partial charge in [-0.3, -0.25) is 9.97 Å². The van der Waals surface area contributed by atoms with Crippen LogP contribution in [0.5, 0.6) is 0 Å². The Hall–Kier alpha value is -3.58. The first-order valence-corrected chi connectivity index (χ1v) is 9.91. The van der Waals surface area contributed by atoms with Crippen molar-refractivity contribution in [2.75, 3.05) is 0 Å². The number of H-pyrrole nitrogens is 1. The smallest absolute Gasteiger partial charge is 0.339 e. The minimum atomic E-state index is -0.365. The van der Waals surface area contributed by atoms with Gasteiger partial charge in [-0.25, -0.2) is 9.78 Å². The predicted octanol–water partition coefficient (Wildman–Crippen LogP) is 3.64. The van der Waals surface area contributed by atoms with Gasteiger partial charge in [0, 0.05) is 28.9 Å². The monoisotopic (exact) mass is 399 g/mol.